The molecule has 0 fully saturated rings. The molecule has 0 aliphatic carbocycles. The highest BCUT2D eigenvalue weighted by Crippen LogP contribution is 2.34. The van der Waals surface area contributed by atoms with Crippen molar-refractivity contribution in [3.8, 4) is 0 Å². The molecule has 0 aliphatic heterocycles. The van der Waals surface area contributed by atoms with E-state index in [0.717, 1.165) is 5.56 Å². The number of halogens is 2. The smallest absolute Gasteiger partial charge is 0.408 e. The minimum atomic E-state index is -0.530. The Balaban J connectivity index is 2.07. The Morgan fingerprint density at radius 1 is 1.14 bits per heavy atom. The molecule has 21 heavy (non-hydrogen) atoms. The largest absolute Gasteiger partial charge is 0.417 e. The highest BCUT2D eigenvalue weighted by Gasteiger charge is 2.10. The van der Waals surface area contributed by atoms with Crippen LogP contribution in [0.4, 0.5) is 17.1 Å². The van der Waals surface area contributed by atoms with Crippen molar-refractivity contribution in [3.63, 3.8) is 0 Å². The lowest BCUT2D eigenvalue weighted by Gasteiger charge is -2.12. The van der Waals surface area contributed by atoms with E-state index in [2.05, 4.69) is 10.3 Å². The molecule has 0 radical (unpaired) electrons. The molecular formula is C14H11Cl2N3O2. The van der Waals surface area contributed by atoms with Gasteiger partial charge in [-0.15, -0.1) is 0 Å². The number of oxazole rings is 1. The molecule has 0 spiro atoms. The van der Waals surface area contributed by atoms with E-state index in [1.807, 2.05) is 6.92 Å². The predicted molar refractivity (Wildman–Crippen MR) is 85.7 cm³/mol. The number of anilines is 3. The number of nitrogens with one attached hydrogen (secondary N) is 2. The number of nitrogens with two attached hydrogens (primary N) is 1. The molecule has 0 bridgehead atoms. The average molecular weight is 324 g/mol. The first-order valence-corrected chi connectivity index (χ1v) is 6.84. The molecule has 5 nitrogen and oxygen atoms in total. The van der Waals surface area contributed by atoms with Crippen LogP contribution in [0.3, 0.4) is 0 Å². The van der Waals surface area contributed by atoms with E-state index in [1.54, 1.807) is 24.3 Å². The molecular weight excluding hydrogens is 313 g/mol. The van der Waals surface area contributed by atoms with Gasteiger partial charge in [-0.1, -0.05) is 23.2 Å². The third-order valence-electron chi connectivity index (χ3n) is 3.11. The van der Waals surface area contributed by atoms with E-state index < -0.39 is 5.76 Å². The summed E-state index contributed by atoms with van der Waals surface area (Å²) in [5, 5.41) is 4.23. The van der Waals surface area contributed by atoms with Gasteiger partial charge in [-0.05, 0) is 30.7 Å². The molecule has 1 heterocycles. The molecule has 7 heteroatoms. The molecule has 0 saturated heterocycles. The van der Waals surface area contributed by atoms with Crippen molar-refractivity contribution < 1.29 is 4.42 Å². The number of aromatic nitrogens is 1. The van der Waals surface area contributed by atoms with Crippen LogP contribution >= 0.6 is 23.2 Å². The first-order chi connectivity index (χ1) is 9.94. The summed E-state index contributed by atoms with van der Waals surface area (Å²) in [6.45, 7) is 1.87. The second-order valence-electron chi connectivity index (χ2n) is 4.66. The molecule has 108 valence electrons. The van der Waals surface area contributed by atoms with Crippen LogP contribution in [0.5, 0.6) is 0 Å². The first-order valence-electron chi connectivity index (χ1n) is 6.09. The fourth-order valence-corrected chi connectivity index (χ4v) is 2.44. The molecule has 0 aliphatic rings. The van der Waals surface area contributed by atoms with Gasteiger partial charge in [0.25, 0.3) is 0 Å². The summed E-state index contributed by atoms with van der Waals surface area (Å²) in [5.74, 6) is -0.530. The molecule has 0 unspecified atom stereocenters. The summed E-state index contributed by atoms with van der Waals surface area (Å²) in [5.41, 5.74) is 9.43. The zero-order valence-corrected chi connectivity index (χ0v) is 12.5. The summed E-state index contributed by atoms with van der Waals surface area (Å²) in [6, 6.07) is 6.74. The van der Waals surface area contributed by atoms with Gasteiger partial charge in [-0.2, -0.15) is 0 Å². The Morgan fingerprint density at radius 2 is 1.90 bits per heavy atom. The van der Waals surface area contributed by atoms with Crippen LogP contribution in [0, 0.1) is 6.92 Å². The van der Waals surface area contributed by atoms with Gasteiger partial charge in [0.05, 0.1) is 27.6 Å². The van der Waals surface area contributed by atoms with Gasteiger partial charge in [0.15, 0.2) is 5.58 Å². The van der Waals surface area contributed by atoms with Crippen molar-refractivity contribution in [1.82, 2.24) is 4.98 Å². The number of hydrogen-bond acceptors (Lipinski definition) is 4. The van der Waals surface area contributed by atoms with Gasteiger partial charge in [0, 0.05) is 11.1 Å². The fraction of sp³-hybridized carbons (Fsp3) is 0.0714. The third kappa shape index (κ3) is 2.57. The lowest BCUT2D eigenvalue weighted by atomic mass is 10.2. The van der Waals surface area contributed by atoms with Gasteiger partial charge in [0.2, 0.25) is 0 Å². The maximum atomic E-state index is 11.2. The number of nitrogen functional groups attached to an aromatic ring is 1. The number of fused-ring (bicyclic) bond motifs is 1. The van der Waals surface area contributed by atoms with E-state index in [9.17, 15) is 4.79 Å². The van der Waals surface area contributed by atoms with Crippen LogP contribution in [0.2, 0.25) is 10.0 Å². The van der Waals surface area contributed by atoms with Gasteiger partial charge in [0.1, 0.15) is 0 Å². The highest BCUT2D eigenvalue weighted by molar-refractivity contribution is 6.35. The van der Waals surface area contributed by atoms with Gasteiger partial charge >= 0.3 is 5.76 Å². The van der Waals surface area contributed by atoms with Crippen LogP contribution in [-0.4, -0.2) is 4.98 Å². The van der Waals surface area contributed by atoms with E-state index in [4.69, 9.17) is 33.4 Å². The maximum Gasteiger partial charge on any atom is 0.417 e. The lowest BCUT2D eigenvalue weighted by Crippen LogP contribution is -1.97. The molecule has 3 aromatic rings. The second kappa shape index (κ2) is 5.02. The second-order valence-corrected chi connectivity index (χ2v) is 5.47. The number of benzene rings is 2. The van der Waals surface area contributed by atoms with Crippen molar-refractivity contribution in [2.45, 2.75) is 6.92 Å². The summed E-state index contributed by atoms with van der Waals surface area (Å²) < 4.78 is 4.95. The molecule has 0 saturated carbocycles. The molecule has 1 aromatic heterocycles. The number of hydrogen-bond donors (Lipinski definition) is 3. The third-order valence-corrected chi connectivity index (χ3v) is 3.83. The van der Waals surface area contributed by atoms with Gasteiger partial charge in [-0.3, -0.25) is 4.98 Å². The Kier molecular flexibility index (Phi) is 3.31. The van der Waals surface area contributed by atoms with Crippen LogP contribution < -0.4 is 16.8 Å². The lowest BCUT2D eigenvalue weighted by molar-refractivity contribution is 0.555. The molecule has 0 atom stereocenters. The molecule has 0 amide bonds. The van der Waals surface area contributed by atoms with Gasteiger partial charge in [-0.25, -0.2) is 4.79 Å². The minimum Gasteiger partial charge on any atom is -0.408 e. The predicted octanol–water partition coefficient (Wildman–Crippen LogP) is 4.06. The Labute approximate surface area is 129 Å². The van der Waals surface area contributed by atoms with Crippen molar-refractivity contribution in [2.24, 2.45) is 0 Å². The fourth-order valence-electron chi connectivity index (χ4n) is 2.01. The minimum absolute atomic E-state index is 0.399. The van der Waals surface area contributed by atoms with Crippen LogP contribution in [0.25, 0.3) is 11.1 Å². The zero-order chi connectivity index (χ0) is 15.1. The van der Waals surface area contributed by atoms with Crippen molar-refractivity contribution in [2.75, 3.05) is 11.1 Å². The number of aryl methyl sites for hydroxylation is 1. The Morgan fingerprint density at radius 3 is 2.67 bits per heavy atom. The summed E-state index contributed by atoms with van der Waals surface area (Å²) >= 11 is 12.3. The quantitative estimate of drug-likeness (QED) is 0.621. The summed E-state index contributed by atoms with van der Waals surface area (Å²) in [4.78, 5) is 13.8. The van der Waals surface area contributed by atoms with E-state index in [1.165, 1.54) is 0 Å². The standard InChI is InChI=1S/C14H11Cl2N3O2/c1-6-2-8(16)10(3-7(6)15)18-11-5-12-13(4-9(11)17)21-14(20)19-12/h2-5,18H,17H2,1H3,(H,19,20). The zero-order valence-electron chi connectivity index (χ0n) is 11.0. The Hall–Kier alpha value is -2.11. The normalized spacial score (nSPS) is 11.0. The molecule has 3 rings (SSSR count). The maximum absolute atomic E-state index is 11.2. The first kappa shape index (κ1) is 13.9. The molecule has 2 aromatic carbocycles. The summed E-state index contributed by atoms with van der Waals surface area (Å²) in [7, 11) is 0. The number of aromatic amines is 1. The van der Waals surface area contributed by atoms with E-state index in [-0.39, 0.29) is 0 Å². The number of H-pyrrole nitrogens is 1. The van der Waals surface area contributed by atoms with Crippen LogP contribution in [0.15, 0.2) is 33.5 Å². The van der Waals surface area contributed by atoms with Crippen molar-refractivity contribution in [1.29, 1.82) is 0 Å². The topological polar surface area (TPSA) is 84.0 Å². The molecule has 4 N–H and O–H groups in total. The average Bonchev–Trinajstić information content (AvgIpc) is 2.75. The number of rotatable bonds is 2. The van der Waals surface area contributed by atoms with Gasteiger partial charge < -0.3 is 15.5 Å². The van der Waals surface area contributed by atoms with Crippen LogP contribution in [0.1, 0.15) is 5.56 Å². The van der Waals surface area contributed by atoms with E-state index in [0.29, 0.717) is 38.2 Å². The monoisotopic (exact) mass is 323 g/mol. The summed E-state index contributed by atoms with van der Waals surface area (Å²) in [6.07, 6.45) is 0. The van der Waals surface area contributed by atoms with Crippen molar-refractivity contribution in [3.05, 3.63) is 50.4 Å². The highest BCUT2D eigenvalue weighted by atomic mass is 35.5. The Bertz CT molecular complexity index is 899. The van der Waals surface area contributed by atoms with Crippen LogP contribution in [-0.2, 0) is 0 Å². The SMILES string of the molecule is Cc1cc(Cl)c(Nc2cc3[nH]c(=O)oc3cc2N)cc1Cl. The van der Waals surface area contributed by atoms with E-state index >= 15 is 0 Å². The van der Waals surface area contributed by atoms with Crippen molar-refractivity contribution >= 4 is 51.4 Å².